The van der Waals surface area contributed by atoms with Crippen molar-refractivity contribution < 1.29 is 9.47 Å². The Morgan fingerprint density at radius 1 is 1.00 bits per heavy atom. The minimum absolute atomic E-state index is 0.478. The summed E-state index contributed by atoms with van der Waals surface area (Å²) in [4.78, 5) is 0. The maximum atomic E-state index is 5.86. The first-order chi connectivity index (χ1) is 8.31. The summed E-state index contributed by atoms with van der Waals surface area (Å²) in [6.45, 7) is 0.478. The molecular weight excluding hydrogens is 211 g/mol. The van der Waals surface area contributed by atoms with Crippen LogP contribution in [0.5, 0.6) is 11.5 Å². The molecule has 2 radical (unpaired) electrons. The molecule has 0 amide bonds. The summed E-state index contributed by atoms with van der Waals surface area (Å²) in [5.41, 5.74) is 1.68. The zero-order valence-electron chi connectivity index (χ0n) is 9.72. The Morgan fingerprint density at radius 2 is 1.76 bits per heavy atom. The molecule has 0 spiro atoms. The zero-order chi connectivity index (χ0) is 12.1. The molecule has 2 aromatic carbocycles. The standard InChI is InChI=1S/C14H13BO2/c1-16-13-9-5-8-12(15)14(13)17-10-11-6-3-2-4-7-11/h2-9H,10H2,1H3. The summed E-state index contributed by atoms with van der Waals surface area (Å²) < 4.78 is 10.9. The van der Waals surface area contributed by atoms with E-state index in [0.717, 1.165) is 5.56 Å². The third-order valence-corrected chi connectivity index (χ3v) is 2.46. The number of hydrogen-bond acceptors (Lipinski definition) is 2. The lowest BCUT2D eigenvalue weighted by atomic mass is 9.95. The van der Waals surface area contributed by atoms with Crippen molar-refractivity contribution in [2.75, 3.05) is 7.11 Å². The van der Waals surface area contributed by atoms with Crippen LogP contribution in [-0.2, 0) is 6.61 Å². The Bertz CT molecular complexity index is 483. The van der Waals surface area contributed by atoms with Crippen molar-refractivity contribution in [1.82, 2.24) is 0 Å². The van der Waals surface area contributed by atoms with Gasteiger partial charge in [-0.1, -0.05) is 47.9 Å². The van der Waals surface area contributed by atoms with Gasteiger partial charge in [-0.05, 0) is 11.6 Å². The smallest absolute Gasteiger partial charge is 0.160 e. The second kappa shape index (κ2) is 5.44. The van der Waals surface area contributed by atoms with Gasteiger partial charge in [-0.25, -0.2) is 0 Å². The van der Waals surface area contributed by atoms with E-state index in [2.05, 4.69) is 0 Å². The van der Waals surface area contributed by atoms with E-state index in [1.54, 1.807) is 13.2 Å². The van der Waals surface area contributed by atoms with Crippen molar-refractivity contribution in [2.45, 2.75) is 6.61 Å². The first kappa shape index (κ1) is 11.6. The third-order valence-electron chi connectivity index (χ3n) is 2.46. The van der Waals surface area contributed by atoms with Gasteiger partial charge in [0.2, 0.25) is 0 Å². The highest BCUT2D eigenvalue weighted by Crippen LogP contribution is 2.24. The van der Waals surface area contributed by atoms with Gasteiger partial charge in [0.05, 0.1) is 7.11 Å². The molecule has 0 heterocycles. The van der Waals surface area contributed by atoms with Crippen LogP contribution >= 0.6 is 0 Å². The number of rotatable bonds is 4. The van der Waals surface area contributed by atoms with Crippen LogP contribution in [-0.4, -0.2) is 15.0 Å². The maximum absolute atomic E-state index is 5.86. The molecule has 0 fully saturated rings. The lowest BCUT2D eigenvalue weighted by Gasteiger charge is -2.13. The Morgan fingerprint density at radius 3 is 2.47 bits per heavy atom. The zero-order valence-corrected chi connectivity index (χ0v) is 9.72. The number of benzene rings is 2. The normalized spacial score (nSPS) is 9.94. The molecule has 0 atom stereocenters. The third kappa shape index (κ3) is 2.81. The molecule has 2 nitrogen and oxygen atoms in total. The molecule has 0 saturated carbocycles. The lowest BCUT2D eigenvalue weighted by Crippen LogP contribution is -2.10. The van der Waals surface area contributed by atoms with Crippen molar-refractivity contribution in [3.05, 3.63) is 54.1 Å². The molecular formula is C14H13BO2. The van der Waals surface area contributed by atoms with E-state index < -0.39 is 0 Å². The van der Waals surface area contributed by atoms with Gasteiger partial charge in [0, 0.05) is 0 Å². The van der Waals surface area contributed by atoms with E-state index in [1.165, 1.54) is 0 Å². The van der Waals surface area contributed by atoms with Crippen molar-refractivity contribution in [1.29, 1.82) is 0 Å². The van der Waals surface area contributed by atoms with Crippen LogP contribution in [0.1, 0.15) is 5.56 Å². The Balaban J connectivity index is 2.14. The van der Waals surface area contributed by atoms with Crippen molar-refractivity contribution >= 4 is 13.3 Å². The van der Waals surface area contributed by atoms with E-state index >= 15 is 0 Å². The van der Waals surface area contributed by atoms with Crippen LogP contribution in [0.15, 0.2) is 48.5 Å². The molecule has 0 unspecified atom stereocenters. The molecule has 0 aliphatic carbocycles. The van der Waals surface area contributed by atoms with Gasteiger partial charge >= 0.3 is 0 Å². The fourth-order valence-corrected chi connectivity index (χ4v) is 1.58. The van der Waals surface area contributed by atoms with Crippen LogP contribution in [0, 0.1) is 0 Å². The van der Waals surface area contributed by atoms with Gasteiger partial charge in [0.1, 0.15) is 14.5 Å². The Kier molecular flexibility index (Phi) is 3.71. The second-order valence-electron chi connectivity index (χ2n) is 3.65. The van der Waals surface area contributed by atoms with Crippen LogP contribution in [0.2, 0.25) is 0 Å². The molecule has 2 rings (SSSR count). The van der Waals surface area contributed by atoms with Crippen LogP contribution in [0.3, 0.4) is 0 Å². The molecule has 2 aromatic rings. The molecule has 0 aliphatic rings. The molecule has 0 saturated heterocycles. The number of para-hydroxylation sites is 1. The van der Waals surface area contributed by atoms with Gasteiger partial charge in [-0.3, -0.25) is 0 Å². The molecule has 0 aliphatic heterocycles. The topological polar surface area (TPSA) is 18.5 Å². The molecule has 0 aromatic heterocycles. The monoisotopic (exact) mass is 224 g/mol. The predicted molar refractivity (Wildman–Crippen MR) is 69.2 cm³/mol. The van der Waals surface area contributed by atoms with Gasteiger partial charge in [0.15, 0.2) is 11.5 Å². The Hall–Kier alpha value is -1.90. The van der Waals surface area contributed by atoms with Crippen LogP contribution < -0.4 is 14.9 Å². The molecule has 0 bridgehead atoms. The summed E-state index contributed by atoms with van der Waals surface area (Å²) in [7, 11) is 7.46. The molecule has 3 heteroatoms. The summed E-state index contributed by atoms with van der Waals surface area (Å²) in [6.07, 6.45) is 0. The summed E-state index contributed by atoms with van der Waals surface area (Å²) in [5, 5.41) is 0. The largest absolute Gasteiger partial charge is 0.493 e. The average molecular weight is 224 g/mol. The number of ether oxygens (including phenoxy) is 2. The summed E-state index contributed by atoms with van der Waals surface area (Å²) in [5.74, 6) is 1.25. The van der Waals surface area contributed by atoms with E-state index in [0.29, 0.717) is 23.6 Å². The fourth-order valence-electron chi connectivity index (χ4n) is 1.58. The van der Waals surface area contributed by atoms with E-state index in [4.69, 9.17) is 17.3 Å². The summed E-state index contributed by atoms with van der Waals surface area (Å²) >= 11 is 0. The average Bonchev–Trinajstić information content (AvgIpc) is 2.38. The van der Waals surface area contributed by atoms with Crippen LogP contribution in [0.25, 0.3) is 0 Å². The first-order valence-corrected chi connectivity index (χ1v) is 5.40. The highest BCUT2D eigenvalue weighted by Gasteiger charge is 2.06. The van der Waals surface area contributed by atoms with Gasteiger partial charge in [0.25, 0.3) is 0 Å². The predicted octanol–water partition coefficient (Wildman–Crippen LogP) is 2.07. The summed E-state index contributed by atoms with van der Waals surface area (Å²) in [6, 6.07) is 15.4. The maximum Gasteiger partial charge on any atom is 0.160 e. The lowest BCUT2D eigenvalue weighted by molar-refractivity contribution is 0.287. The van der Waals surface area contributed by atoms with Crippen molar-refractivity contribution in [2.24, 2.45) is 0 Å². The Labute approximate surface area is 103 Å². The van der Waals surface area contributed by atoms with Crippen LogP contribution in [0.4, 0.5) is 0 Å². The van der Waals surface area contributed by atoms with Crippen molar-refractivity contribution in [3.8, 4) is 11.5 Å². The molecule has 0 N–H and O–H groups in total. The second-order valence-corrected chi connectivity index (χ2v) is 3.65. The van der Waals surface area contributed by atoms with Gasteiger partial charge in [-0.2, -0.15) is 0 Å². The minimum Gasteiger partial charge on any atom is -0.493 e. The van der Waals surface area contributed by atoms with Crippen molar-refractivity contribution in [3.63, 3.8) is 0 Å². The quantitative estimate of drug-likeness (QED) is 0.740. The van der Waals surface area contributed by atoms with E-state index in [9.17, 15) is 0 Å². The van der Waals surface area contributed by atoms with E-state index in [1.807, 2.05) is 42.5 Å². The molecule has 17 heavy (non-hydrogen) atoms. The van der Waals surface area contributed by atoms with Gasteiger partial charge in [-0.15, -0.1) is 0 Å². The van der Waals surface area contributed by atoms with E-state index in [-0.39, 0.29) is 0 Å². The van der Waals surface area contributed by atoms with Gasteiger partial charge < -0.3 is 9.47 Å². The highest BCUT2D eigenvalue weighted by atomic mass is 16.5. The SMILES string of the molecule is [B]c1cccc(OC)c1OCc1ccccc1. The molecule has 84 valence electrons. The highest BCUT2D eigenvalue weighted by molar-refractivity contribution is 6.34. The fraction of sp³-hybridized carbons (Fsp3) is 0.143. The first-order valence-electron chi connectivity index (χ1n) is 5.40. The number of hydrogen-bond donors (Lipinski definition) is 0. The number of methoxy groups -OCH3 is 1. The minimum atomic E-state index is 0.478.